The molecule has 1 aromatic heterocycles. The number of sulfonamides is 1. The molecule has 0 spiro atoms. The Bertz CT molecular complexity index is 1100. The molecule has 1 aliphatic heterocycles. The Kier molecular flexibility index (Phi) is 5.26. The fourth-order valence-corrected chi connectivity index (χ4v) is 6.13. The minimum atomic E-state index is -4.06. The van der Waals surface area contributed by atoms with E-state index in [1.807, 2.05) is 0 Å². The quantitative estimate of drug-likeness (QED) is 0.740. The summed E-state index contributed by atoms with van der Waals surface area (Å²) in [6.45, 7) is 2.69. The monoisotopic (exact) mass is 443 g/mol. The number of benzene rings is 1. The van der Waals surface area contributed by atoms with E-state index in [0.717, 1.165) is 75.8 Å². The fraction of sp³-hybridized carbons (Fsp3) is 0.545. The number of likely N-dealkylation sites (tertiary alicyclic amines) is 1. The Balaban J connectivity index is 1.33. The van der Waals surface area contributed by atoms with Crippen molar-refractivity contribution in [1.29, 1.82) is 0 Å². The minimum absolute atomic E-state index is 0.122. The second kappa shape index (κ2) is 7.94. The standard InChI is InChI=1S/C22H29N5O3S/c1-26-17(14-27-10-2-3-11-27)13-20(24-26)31(29,30)25-22(28)23-21-18-8-4-6-15(18)12-16-7-5-9-19(16)21/h12-13H,2-11,14H2,1H3,(H2,23,25,28). The second-order valence-corrected chi connectivity index (χ2v) is 10.5. The van der Waals surface area contributed by atoms with Crippen LogP contribution in [0.2, 0.25) is 0 Å². The van der Waals surface area contributed by atoms with E-state index in [9.17, 15) is 13.2 Å². The molecule has 5 rings (SSSR count). The van der Waals surface area contributed by atoms with Crippen LogP contribution >= 0.6 is 0 Å². The lowest BCUT2D eigenvalue weighted by Gasteiger charge is -2.16. The lowest BCUT2D eigenvalue weighted by atomic mass is 9.99. The molecule has 2 heterocycles. The molecule has 3 aliphatic rings. The number of hydrogen-bond acceptors (Lipinski definition) is 5. The molecule has 1 aromatic carbocycles. The molecule has 2 N–H and O–H groups in total. The summed E-state index contributed by atoms with van der Waals surface area (Å²) in [5.74, 6) is 0. The average Bonchev–Trinajstić information content (AvgIpc) is 3.49. The van der Waals surface area contributed by atoms with Gasteiger partial charge < -0.3 is 5.32 Å². The highest BCUT2D eigenvalue weighted by molar-refractivity contribution is 7.90. The number of rotatable bonds is 5. The second-order valence-electron chi connectivity index (χ2n) is 8.87. The number of nitrogens with zero attached hydrogens (tertiary/aromatic N) is 3. The van der Waals surface area contributed by atoms with E-state index in [1.165, 1.54) is 22.3 Å². The van der Waals surface area contributed by atoms with Gasteiger partial charge in [-0.05, 0) is 86.7 Å². The number of nitrogens with one attached hydrogen (secondary N) is 2. The van der Waals surface area contributed by atoms with Crippen LogP contribution in [0.1, 0.15) is 53.6 Å². The first-order valence-electron chi connectivity index (χ1n) is 11.2. The van der Waals surface area contributed by atoms with Gasteiger partial charge in [0.25, 0.3) is 10.0 Å². The van der Waals surface area contributed by atoms with Crippen molar-refractivity contribution in [2.24, 2.45) is 7.05 Å². The summed E-state index contributed by atoms with van der Waals surface area (Å²) in [7, 11) is -2.32. The molecule has 31 heavy (non-hydrogen) atoms. The number of aryl methyl sites for hydroxylation is 3. The predicted molar refractivity (Wildman–Crippen MR) is 118 cm³/mol. The molecule has 2 aromatic rings. The number of urea groups is 1. The average molecular weight is 444 g/mol. The van der Waals surface area contributed by atoms with Gasteiger partial charge in [-0.1, -0.05) is 6.07 Å². The van der Waals surface area contributed by atoms with E-state index in [1.54, 1.807) is 17.8 Å². The van der Waals surface area contributed by atoms with Crippen LogP contribution in [-0.4, -0.2) is 42.2 Å². The zero-order valence-electron chi connectivity index (χ0n) is 17.9. The van der Waals surface area contributed by atoms with Crippen molar-refractivity contribution < 1.29 is 13.2 Å². The third-order valence-electron chi connectivity index (χ3n) is 6.75. The van der Waals surface area contributed by atoms with Crippen LogP contribution in [0.15, 0.2) is 17.2 Å². The number of anilines is 1. The van der Waals surface area contributed by atoms with Gasteiger partial charge in [0.2, 0.25) is 0 Å². The summed E-state index contributed by atoms with van der Waals surface area (Å²) in [6, 6.07) is 3.12. The number of carbonyl (C=O) groups is 1. The summed E-state index contributed by atoms with van der Waals surface area (Å²) in [4.78, 5) is 15.0. The number of amides is 2. The van der Waals surface area contributed by atoms with Gasteiger partial charge in [-0.25, -0.2) is 9.52 Å². The van der Waals surface area contributed by atoms with Crippen LogP contribution in [0.3, 0.4) is 0 Å². The van der Waals surface area contributed by atoms with Crippen molar-refractivity contribution in [3.8, 4) is 0 Å². The zero-order valence-corrected chi connectivity index (χ0v) is 18.7. The Morgan fingerprint density at radius 1 is 1.00 bits per heavy atom. The van der Waals surface area contributed by atoms with Crippen LogP contribution in [0.25, 0.3) is 0 Å². The molecule has 0 radical (unpaired) electrons. The molecule has 2 aliphatic carbocycles. The third kappa shape index (κ3) is 3.96. The maximum Gasteiger partial charge on any atom is 0.333 e. The largest absolute Gasteiger partial charge is 0.333 e. The van der Waals surface area contributed by atoms with Crippen LogP contribution in [0.5, 0.6) is 0 Å². The van der Waals surface area contributed by atoms with Gasteiger partial charge in [0.1, 0.15) is 0 Å². The van der Waals surface area contributed by atoms with E-state index >= 15 is 0 Å². The highest BCUT2D eigenvalue weighted by atomic mass is 32.2. The normalized spacial score (nSPS) is 18.2. The topological polar surface area (TPSA) is 96.3 Å². The molecule has 9 heteroatoms. The Morgan fingerprint density at radius 3 is 2.29 bits per heavy atom. The fourth-order valence-electron chi connectivity index (χ4n) is 5.21. The van der Waals surface area contributed by atoms with Crippen LogP contribution < -0.4 is 10.0 Å². The molecule has 8 nitrogen and oxygen atoms in total. The summed E-state index contributed by atoms with van der Waals surface area (Å²) < 4.78 is 29.4. The lowest BCUT2D eigenvalue weighted by Crippen LogP contribution is -2.35. The molecule has 0 saturated carbocycles. The molecule has 1 saturated heterocycles. The number of carbonyl (C=O) groups excluding carboxylic acids is 1. The number of aromatic nitrogens is 2. The maximum absolute atomic E-state index is 12.8. The smallest absolute Gasteiger partial charge is 0.307 e. The van der Waals surface area contributed by atoms with Crippen molar-refractivity contribution in [1.82, 2.24) is 19.4 Å². The van der Waals surface area contributed by atoms with Crippen molar-refractivity contribution >= 4 is 21.7 Å². The van der Waals surface area contributed by atoms with Gasteiger partial charge in [-0.15, -0.1) is 0 Å². The van der Waals surface area contributed by atoms with Crippen molar-refractivity contribution in [3.63, 3.8) is 0 Å². The Morgan fingerprint density at radius 2 is 1.65 bits per heavy atom. The molecule has 0 atom stereocenters. The summed E-state index contributed by atoms with van der Waals surface area (Å²) in [6.07, 6.45) is 8.35. The molecule has 2 amide bonds. The zero-order chi connectivity index (χ0) is 21.6. The van der Waals surface area contributed by atoms with Gasteiger partial charge in [0, 0.05) is 25.3 Å². The van der Waals surface area contributed by atoms with Gasteiger partial charge >= 0.3 is 6.03 Å². The third-order valence-corrected chi connectivity index (χ3v) is 7.96. The summed E-state index contributed by atoms with van der Waals surface area (Å²) in [5.41, 5.74) is 6.55. The van der Waals surface area contributed by atoms with E-state index in [-0.39, 0.29) is 5.03 Å². The minimum Gasteiger partial charge on any atom is -0.307 e. The first-order chi connectivity index (χ1) is 14.9. The van der Waals surface area contributed by atoms with E-state index in [2.05, 4.69) is 26.1 Å². The van der Waals surface area contributed by atoms with Crippen molar-refractivity contribution in [2.45, 2.75) is 62.9 Å². The Labute approximate surface area is 183 Å². The number of hydrogen-bond donors (Lipinski definition) is 2. The van der Waals surface area contributed by atoms with Gasteiger partial charge in [-0.3, -0.25) is 9.58 Å². The number of fused-ring (bicyclic) bond motifs is 2. The Hall–Kier alpha value is -2.39. The molecular formula is C22H29N5O3S. The van der Waals surface area contributed by atoms with Gasteiger partial charge in [0.05, 0.1) is 5.69 Å². The van der Waals surface area contributed by atoms with Crippen molar-refractivity contribution in [3.05, 3.63) is 40.1 Å². The molecule has 166 valence electrons. The van der Waals surface area contributed by atoms with Crippen molar-refractivity contribution in [2.75, 3.05) is 18.4 Å². The molecule has 0 unspecified atom stereocenters. The highest BCUT2D eigenvalue weighted by Gasteiger charge is 2.27. The first-order valence-corrected chi connectivity index (χ1v) is 12.6. The molecule has 0 bridgehead atoms. The highest BCUT2D eigenvalue weighted by Crippen LogP contribution is 2.38. The lowest BCUT2D eigenvalue weighted by molar-refractivity contribution is 0.256. The maximum atomic E-state index is 12.8. The van der Waals surface area contributed by atoms with E-state index in [4.69, 9.17) is 0 Å². The van der Waals surface area contributed by atoms with Crippen LogP contribution in [-0.2, 0) is 49.3 Å². The first kappa shape index (κ1) is 20.5. The summed E-state index contributed by atoms with van der Waals surface area (Å²) in [5, 5.41) is 6.91. The van der Waals surface area contributed by atoms with Gasteiger partial charge in [0.15, 0.2) is 5.03 Å². The SMILES string of the molecule is Cn1nc(S(=O)(=O)NC(=O)Nc2c3c(cc4c2CCC4)CCC3)cc1CN1CCCC1. The summed E-state index contributed by atoms with van der Waals surface area (Å²) >= 11 is 0. The van der Waals surface area contributed by atoms with Crippen LogP contribution in [0, 0.1) is 0 Å². The van der Waals surface area contributed by atoms with Crippen LogP contribution in [0.4, 0.5) is 10.5 Å². The predicted octanol–water partition coefficient (Wildman–Crippen LogP) is 2.50. The van der Waals surface area contributed by atoms with E-state index < -0.39 is 16.1 Å². The van der Waals surface area contributed by atoms with E-state index in [0.29, 0.717) is 6.54 Å². The molecule has 1 fully saturated rings. The van der Waals surface area contributed by atoms with Gasteiger partial charge in [-0.2, -0.15) is 13.5 Å². The molecular weight excluding hydrogens is 414 g/mol.